The molecule has 0 spiro atoms. The first-order valence-electron chi connectivity index (χ1n) is 9.28. The average Bonchev–Trinajstić information content (AvgIpc) is 3.19. The molecule has 5 rings (SSSR count). The number of nitrogens with zero attached hydrogens (tertiary/aromatic N) is 8. The first-order valence-corrected chi connectivity index (χ1v) is 9.28. The minimum Gasteiger partial charge on any atom is -0.354 e. The van der Waals surface area contributed by atoms with Gasteiger partial charge < -0.3 is 4.90 Å². The zero-order valence-corrected chi connectivity index (χ0v) is 14.9. The van der Waals surface area contributed by atoms with E-state index in [9.17, 15) is 4.79 Å². The smallest absolute Gasteiger partial charge is 0.267 e. The van der Waals surface area contributed by atoms with Crippen LogP contribution in [-0.4, -0.2) is 47.6 Å². The molecule has 0 bridgehead atoms. The number of aryl methyl sites for hydroxylation is 2. The lowest BCUT2D eigenvalue weighted by Crippen LogP contribution is -2.50. The van der Waals surface area contributed by atoms with Gasteiger partial charge in [-0.15, -0.1) is 0 Å². The Morgan fingerprint density at radius 2 is 1.93 bits per heavy atom. The van der Waals surface area contributed by atoms with Crippen LogP contribution < -0.4 is 10.5 Å². The molecule has 2 aliphatic rings. The average molecular weight is 364 g/mol. The van der Waals surface area contributed by atoms with Gasteiger partial charge in [-0.05, 0) is 31.2 Å². The molecule has 1 aliphatic carbocycles. The maximum Gasteiger partial charge on any atom is 0.267 e. The van der Waals surface area contributed by atoms with E-state index < -0.39 is 0 Å². The maximum atomic E-state index is 12.3. The third-order valence-corrected chi connectivity index (χ3v) is 5.25. The van der Waals surface area contributed by atoms with Gasteiger partial charge in [0.05, 0.1) is 24.6 Å². The second-order valence-electron chi connectivity index (χ2n) is 7.19. The fourth-order valence-corrected chi connectivity index (χ4v) is 3.78. The zero-order valence-electron chi connectivity index (χ0n) is 14.9. The van der Waals surface area contributed by atoms with Crippen molar-refractivity contribution in [3.05, 3.63) is 52.7 Å². The van der Waals surface area contributed by atoms with Crippen molar-refractivity contribution in [3.8, 4) is 5.82 Å². The fraction of sp³-hybridized carbons (Fsp3) is 0.444. The lowest BCUT2D eigenvalue weighted by Gasteiger charge is -2.40. The van der Waals surface area contributed by atoms with Crippen LogP contribution in [0.3, 0.4) is 0 Å². The number of hydrogen-bond acceptors (Lipinski definition) is 7. The van der Waals surface area contributed by atoms with E-state index in [0.717, 1.165) is 55.8 Å². The normalized spacial score (nSPS) is 16.8. The Kier molecular flexibility index (Phi) is 3.92. The SMILES string of the molecule is O=c1cc2c(nn1CC1CN(c3cncc(-n4cncn4)n3)C1)CCCC2. The van der Waals surface area contributed by atoms with Crippen molar-refractivity contribution in [3.63, 3.8) is 0 Å². The number of rotatable bonds is 4. The topological polar surface area (TPSA) is 94.6 Å². The standard InChI is InChI=1S/C18H20N8O/c27-18-5-14-3-1-2-4-15(14)23-25(18)10-13-8-24(9-13)16-6-19-7-17(22-16)26-12-20-11-21-26/h5-7,11-13H,1-4,8-10H2. The second-order valence-corrected chi connectivity index (χ2v) is 7.19. The maximum absolute atomic E-state index is 12.3. The molecule has 3 aromatic rings. The van der Waals surface area contributed by atoms with Crippen LogP contribution in [-0.2, 0) is 19.4 Å². The van der Waals surface area contributed by atoms with Gasteiger partial charge in [-0.2, -0.15) is 10.2 Å². The number of fused-ring (bicyclic) bond motifs is 1. The van der Waals surface area contributed by atoms with E-state index in [4.69, 9.17) is 0 Å². The van der Waals surface area contributed by atoms with Gasteiger partial charge in [0, 0.05) is 25.1 Å². The highest BCUT2D eigenvalue weighted by Gasteiger charge is 2.29. The lowest BCUT2D eigenvalue weighted by atomic mass is 9.96. The van der Waals surface area contributed by atoms with E-state index >= 15 is 0 Å². The summed E-state index contributed by atoms with van der Waals surface area (Å²) in [6.07, 6.45) is 10.8. The summed E-state index contributed by atoms with van der Waals surface area (Å²) in [6, 6.07) is 1.78. The summed E-state index contributed by atoms with van der Waals surface area (Å²) in [5, 5.41) is 8.70. The largest absolute Gasteiger partial charge is 0.354 e. The van der Waals surface area contributed by atoms with Crippen LogP contribution in [0.4, 0.5) is 5.82 Å². The summed E-state index contributed by atoms with van der Waals surface area (Å²) in [4.78, 5) is 27.3. The monoisotopic (exact) mass is 364 g/mol. The molecule has 1 saturated heterocycles. The minimum absolute atomic E-state index is 0.0158. The molecule has 0 atom stereocenters. The summed E-state index contributed by atoms with van der Waals surface area (Å²) in [6.45, 7) is 2.32. The van der Waals surface area contributed by atoms with Crippen molar-refractivity contribution in [2.24, 2.45) is 5.92 Å². The summed E-state index contributed by atoms with van der Waals surface area (Å²) in [5.74, 6) is 1.83. The minimum atomic E-state index is 0.0158. The van der Waals surface area contributed by atoms with Crippen molar-refractivity contribution >= 4 is 5.82 Å². The molecule has 3 aromatic heterocycles. The second kappa shape index (κ2) is 6.57. The van der Waals surface area contributed by atoms with Crippen molar-refractivity contribution in [1.82, 2.24) is 34.5 Å². The molecule has 1 fully saturated rings. The molecule has 0 aromatic carbocycles. The molecule has 0 radical (unpaired) electrons. The van der Waals surface area contributed by atoms with Gasteiger partial charge in [-0.25, -0.2) is 19.3 Å². The summed E-state index contributed by atoms with van der Waals surface area (Å²) < 4.78 is 3.23. The van der Waals surface area contributed by atoms with Gasteiger partial charge in [0.15, 0.2) is 5.82 Å². The molecule has 0 saturated carbocycles. The molecule has 9 nitrogen and oxygen atoms in total. The Morgan fingerprint density at radius 3 is 2.78 bits per heavy atom. The van der Waals surface area contributed by atoms with Crippen LogP contribution in [0.25, 0.3) is 5.82 Å². The van der Waals surface area contributed by atoms with Crippen LogP contribution in [0.15, 0.2) is 35.9 Å². The van der Waals surface area contributed by atoms with Crippen LogP contribution in [0.2, 0.25) is 0 Å². The molecule has 4 heterocycles. The van der Waals surface area contributed by atoms with E-state index in [0.29, 0.717) is 18.3 Å². The highest BCUT2D eigenvalue weighted by Crippen LogP contribution is 2.24. The number of anilines is 1. The fourth-order valence-electron chi connectivity index (χ4n) is 3.78. The van der Waals surface area contributed by atoms with Crippen LogP contribution >= 0.6 is 0 Å². The van der Waals surface area contributed by atoms with Crippen LogP contribution in [0.1, 0.15) is 24.1 Å². The van der Waals surface area contributed by atoms with E-state index in [2.05, 4.69) is 30.0 Å². The van der Waals surface area contributed by atoms with Crippen molar-refractivity contribution < 1.29 is 0 Å². The van der Waals surface area contributed by atoms with Gasteiger partial charge in [0.1, 0.15) is 18.5 Å². The molecule has 0 unspecified atom stereocenters. The quantitative estimate of drug-likeness (QED) is 0.670. The Hall–Kier alpha value is -3.10. The third-order valence-electron chi connectivity index (χ3n) is 5.25. The van der Waals surface area contributed by atoms with Gasteiger partial charge in [0.25, 0.3) is 5.56 Å². The van der Waals surface area contributed by atoms with Crippen molar-refractivity contribution in [2.45, 2.75) is 32.2 Å². The van der Waals surface area contributed by atoms with Gasteiger partial charge in [-0.3, -0.25) is 9.78 Å². The van der Waals surface area contributed by atoms with Crippen LogP contribution in [0, 0.1) is 5.92 Å². The van der Waals surface area contributed by atoms with Gasteiger partial charge >= 0.3 is 0 Å². The summed E-state index contributed by atoms with van der Waals surface area (Å²) in [7, 11) is 0. The van der Waals surface area contributed by atoms with Crippen LogP contribution in [0.5, 0.6) is 0 Å². The molecular weight excluding hydrogens is 344 g/mol. The zero-order chi connectivity index (χ0) is 18.2. The Bertz CT molecular complexity index is 1010. The molecule has 0 amide bonds. The van der Waals surface area contributed by atoms with E-state index in [1.807, 2.05) is 0 Å². The number of hydrogen-bond donors (Lipinski definition) is 0. The van der Waals surface area contributed by atoms with E-state index in [-0.39, 0.29) is 5.56 Å². The third kappa shape index (κ3) is 3.09. The van der Waals surface area contributed by atoms with Gasteiger partial charge in [0.2, 0.25) is 0 Å². The molecular formula is C18H20N8O. The molecule has 138 valence electrons. The molecule has 0 N–H and O–H groups in total. The molecule has 9 heteroatoms. The van der Waals surface area contributed by atoms with Gasteiger partial charge in [-0.1, -0.05) is 0 Å². The first kappa shape index (κ1) is 16.1. The highest BCUT2D eigenvalue weighted by atomic mass is 16.1. The summed E-state index contributed by atoms with van der Waals surface area (Å²) in [5.41, 5.74) is 2.25. The van der Waals surface area contributed by atoms with E-state index in [1.54, 1.807) is 34.2 Å². The van der Waals surface area contributed by atoms with Crippen molar-refractivity contribution in [1.29, 1.82) is 0 Å². The predicted octanol–water partition coefficient (Wildman–Crippen LogP) is 0.629. The predicted molar refractivity (Wildman–Crippen MR) is 97.8 cm³/mol. The first-order chi connectivity index (χ1) is 13.3. The van der Waals surface area contributed by atoms with Crippen molar-refractivity contribution in [2.75, 3.05) is 18.0 Å². The Morgan fingerprint density at radius 1 is 1.07 bits per heavy atom. The summed E-state index contributed by atoms with van der Waals surface area (Å²) >= 11 is 0. The Balaban J connectivity index is 1.27. The molecule has 1 aliphatic heterocycles. The molecule has 27 heavy (non-hydrogen) atoms. The Labute approximate surface area is 155 Å². The lowest BCUT2D eigenvalue weighted by molar-refractivity contribution is 0.329. The highest BCUT2D eigenvalue weighted by molar-refractivity contribution is 5.42. The van der Waals surface area contributed by atoms with E-state index in [1.165, 1.54) is 6.33 Å². The number of aromatic nitrogens is 7.